The molecule has 2 fully saturated rings. The fourth-order valence-corrected chi connectivity index (χ4v) is 4.08. The number of aryl methyl sites for hydroxylation is 1. The highest BCUT2D eigenvalue weighted by molar-refractivity contribution is 5.88. The minimum Gasteiger partial charge on any atom is -0.374 e. The second kappa shape index (κ2) is 4.41. The number of ether oxygens (including phenoxy) is 1. The van der Waals surface area contributed by atoms with Crippen molar-refractivity contribution in [3.63, 3.8) is 0 Å². The normalized spacial score (nSPS) is 36.2. The SMILES string of the molecule is O=C(C1CCCc2cccnc21)C1CC2CCC1O2. The van der Waals surface area contributed by atoms with E-state index >= 15 is 0 Å². The first-order chi connectivity index (χ1) is 9.33. The molecule has 0 radical (unpaired) electrons. The predicted octanol–water partition coefficient (Wildman–Crippen LogP) is 2.64. The van der Waals surface area contributed by atoms with Gasteiger partial charge in [-0.15, -0.1) is 0 Å². The first-order valence-electron chi connectivity index (χ1n) is 7.46. The molecule has 0 spiro atoms. The highest BCUT2D eigenvalue weighted by atomic mass is 16.5. The van der Waals surface area contributed by atoms with Crippen LogP contribution in [0.5, 0.6) is 0 Å². The van der Waals surface area contributed by atoms with Crippen molar-refractivity contribution in [1.82, 2.24) is 4.98 Å². The highest BCUT2D eigenvalue weighted by Crippen LogP contribution is 2.43. The summed E-state index contributed by atoms with van der Waals surface area (Å²) < 4.78 is 5.84. The lowest BCUT2D eigenvalue weighted by atomic mass is 9.76. The highest BCUT2D eigenvalue weighted by Gasteiger charge is 2.46. The van der Waals surface area contributed by atoms with Gasteiger partial charge < -0.3 is 4.74 Å². The van der Waals surface area contributed by atoms with E-state index < -0.39 is 0 Å². The molecular formula is C16H19NO2. The van der Waals surface area contributed by atoms with E-state index in [1.807, 2.05) is 12.3 Å². The molecule has 4 unspecified atom stereocenters. The van der Waals surface area contributed by atoms with Gasteiger partial charge in [0.2, 0.25) is 0 Å². The van der Waals surface area contributed by atoms with E-state index in [2.05, 4.69) is 11.1 Å². The summed E-state index contributed by atoms with van der Waals surface area (Å²) in [5.41, 5.74) is 2.32. The molecule has 1 aliphatic carbocycles. The van der Waals surface area contributed by atoms with Crippen molar-refractivity contribution in [3.8, 4) is 0 Å². The number of aromatic nitrogens is 1. The van der Waals surface area contributed by atoms with Crippen molar-refractivity contribution in [1.29, 1.82) is 0 Å². The lowest BCUT2D eigenvalue weighted by Crippen LogP contribution is -2.32. The number of nitrogens with zero attached hydrogens (tertiary/aromatic N) is 1. The number of carbonyl (C=O) groups is 1. The Bertz CT molecular complexity index is 513. The lowest BCUT2D eigenvalue weighted by Gasteiger charge is -2.27. The number of Topliss-reactive ketones (excluding diaryl/α,β-unsaturated/α-hetero) is 1. The van der Waals surface area contributed by atoms with Crippen LogP contribution in [-0.4, -0.2) is 23.0 Å². The molecule has 3 nitrogen and oxygen atoms in total. The van der Waals surface area contributed by atoms with E-state index in [0.717, 1.165) is 44.2 Å². The van der Waals surface area contributed by atoms with Crippen LogP contribution in [0.1, 0.15) is 49.3 Å². The van der Waals surface area contributed by atoms with E-state index in [9.17, 15) is 4.79 Å². The van der Waals surface area contributed by atoms with Gasteiger partial charge in [0.1, 0.15) is 5.78 Å². The predicted molar refractivity (Wildman–Crippen MR) is 70.9 cm³/mol. The summed E-state index contributed by atoms with van der Waals surface area (Å²) in [5, 5.41) is 0. The first kappa shape index (κ1) is 11.6. The number of pyridine rings is 1. The molecule has 1 aromatic heterocycles. The van der Waals surface area contributed by atoms with E-state index in [4.69, 9.17) is 4.74 Å². The maximum Gasteiger partial charge on any atom is 0.147 e. The van der Waals surface area contributed by atoms with Crippen molar-refractivity contribution in [2.75, 3.05) is 0 Å². The number of ketones is 1. The fourth-order valence-electron chi connectivity index (χ4n) is 4.08. The van der Waals surface area contributed by atoms with Crippen LogP contribution in [0.15, 0.2) is 18.3 Å². The third-order valence-corrected chi connectivity index (χ3v) is 5.01. The number of carbonyl (C=O) groups excluding carboxylic acids is 1. The summed E-state index contributed by atoms with van der Waals surface area (Å²) in [7, 11) is 0. The Morgan fingerprint density at radius 1 is 1.32 bits per heavy atom. The molecule has 0 saturated carbocycles. The van der Waals surface area contributed by atoms with Gasteiger partial charge in [-0.2, -0.15) is 0 Å². The standard InChI is InChI=1S/C16H19NO2/c18-16(13-9-11-6-7-14(13)19-11)12-5-1-3-10-4-2-8-17-15(10)12/h2,4,8,11-14H,1,3,5-7,9H2. The summed E-state index contributed by atoms with van der Waals surface area (Å²) >= 11 is 0. The Balaban J connectivity index is 1.61. The molecule has 4 atom stereocenters. The molecule has 4 rings (SSSR count). The Morgan fingerprint density at radius 3 is 3.05 bits per heavy atom. The molecule has 3 heteroatoms. The summed E-state index contributed by atoms with van der Waals surface area (Å²) in [4.78, 5) is 17.3. The molecule has 19 heavy (non-hydrogen) atoms. The molecule has 100 valence electrons. The second-order valence-corrected chi connectivity index (χ2v) is 6.11. The number of rotatable bonds is 2. The van der Waals surface area contributed by atoms with E-state index in [-0.39, 0.29) is 17.9 Å². The van der Waals surface area contributed by atoms with Gasteiger partial charge in [0.15, 0.2) is 0 Å². The van der Waals surface area contributed by atoms with Crippen LogP contribution in [0, 0.1) is 5.92 Å². The largest absolute Gasteiger partial charge is 0.374 e. The molecule has 0 N–H and O–H groups in total. The molecule has 3 heterocycles. The molecule has 2 aliphatic heterocycles. The van der Waals surface area contributed by atoms with Gasteiger partial charge >= 0.3 is 0 Å². The van der Waals surface area contributed by atoms with Crippen molar-refractivity contribution in [2.45, 2.75) is 56.7 Å². The van der Waals surface area contributed by atoms with Crippen LogP contribution in [0.3, 0.4) is 0 Å². The summed E-state index contributed by atoms with van der Waals surface area (Å²) in [6, 6.07) is 4.10. The zero-order valence-electron chi connectivity index (χ0n) is 11.0. The Kier molecular flexibility index (Phi) is 2.69. The van der Waals surface area contributed by atoms with Crippen LogP contribution < -0.4 is 0 Å². The average molecular weight is 257 g/mol. The first-order valence-corrected chi connectivity index (χ1v) is 7.46. The molecule has 2 saturated heterocycles. The quantitative estimate of drug-likeness (QED) is 0.817. The Morgan fingerprint density at radius 2 is 2.26 bits per heavy atom. The van der Waals surface area contributed by atoms with Gasteiger partial charge in [-0.3, -0.25) is 9.78 Å². The number of fused-ring (bicyclic) bond motifs is 3. The fraction of sp³-hybridized carbons (Fsp3) is 0.625. The molecule has 2 bridgehead atoms. The third kappa shape index (κ3) is 1.83. The van der Waals surface area contributed by atoms with Gasteiger partial charge in [0, 0.05) is 12.1 Å². The summed E-state index contributed by atoms with van der Waals surface area (Å²) in [6.45, 7) is 0. The zero-order valence-corrected chi connectivity index (χ0v) is 11.0. The minimum absolute atomic E-state index is 0.0258. The van der Waals surface area contributed by atoms with Crippen molar-refractivity contribution >= 4 is 5.78 Å². The van der Waals surface area contributed by atoms with Crippen molar-refractivity contribution in [3.05, 3.63) is 29.6 Å². The summed E-state index contributed by atoms with van der Waals surface area (Å²) in [6.07, 6.45) is 8.69. The van der Waals surface area contributed by atoms with Crippen LogP contribution in [0.2, 0.25) is 0 Å². The number of hydrogen-bond acceptors (Lipinski definition) is 3. The van der Waals surface area contributed by atoms with E-state index in [0.29, 0.717) is 11.9 Å². The topological polar surface area (TPSA) is 39.2 Å². The maximum absolute atomic E-state index is 12.8. The van der Waals surface area contributed by atoms with Crippen LogP contribution in [-0.2, 0) is 16.0 Å². The van der Waals surface area contributed by atoms with Crippen LogP contribution >= 0.6 is 0 Å². The van der Waals surface area contributed by atoms with Gasteiger partial charge in [0.05, 0.1) is 23.8 Å². The smallest absolute Gasteiger partial charge is 0.147 e. The monoisotopic (exact) mass is 257 g/mol. The van der Waals surface area contributed by atoms with Crippen molar-refractivity contribution in [2.24, 2.45) is 5.92 Å². The molecule has 0 aromatic carbocycles. The molecule has 1 aromatic rings. The Hall–Kier alpha value is -1.22. The van der Waals surface area contributed by atoms with Gasteiger partial charge in [-0.25, -0.2) is 0 Å². The maximum atomic E-state index is 12.8. The van der Waals surface area contributed by atoms with Gasteiger partial charge in [-0.05, 0) is 50.2 Å². The minimum atomic E-state index is 0.0258. The molecule has 0 amide bonds. The number of hydrogen-bond donors (Lipinski definition) is 0. The second-order valence-electron chi connectivity index (χ2n) is 6.11. The van der Waals surface area contributed by atoms with Crippen LogP contribution in [0.25, 0.3) is 0 Å². The molecule has 3 aliphatic rings. The zero-order chi connectivity index (χ0) is 12.8. The lowest BCUT2D eigenvalue weighted by molar-refractivity contribution is -0.126. The van der Waals surface area contributed by atoms with Gasteiger partial charge in [-0.1, -0.05) is 6.07 Å². The van der Waals surface area contributed by atoms with Crippen molar-refractivity contribution < 1.29 is 9.53 Å². The summed E-state index contributed by atoms with van der Waals surface area (Å²) in [5.74, 6) is 0.557. The Labute approximate surface area is 113 Å². The van der Waals surface area contributed by atoms with E-state index in [1.165, 1.54) is 5.56 Å². The average Bonchev–Trinajstić information content (AvgIpc) is 3.08. The van der Waals surface area contributed by atoms with E-state index in [1.54, 1.807) is 0 Å². The van der Waals surface area contributed by atoms with Gasteiger partial charge in [0.25, 0.3) is 0 Å². The molecular weight excluding hydrogens is 238 g/mol. The third-order valence-electron chi connectivity index (χ3n) is 5.01. The van der Waals surface area contributed by atoms with Crippen LogP contribution in [0.4, 0.5) is 0 Å².